The van der Waals surface area contributed by atoms with Crippen molar-refractivity contribution < 1.29 is 0 Å². The Morgan fingerprint density at radius 1 is 1.23 bits per heavy atom. The van der Waals surface area contributed by atoms with Crippen LogP contribution in [0.3, 0.4) is 0 Å². The van der Waals surface area contributed by atoms with Gasteiger partial charge in [-0.05, 0) is 46.0 Å². The molecule has 0 spiro atoms. The molecule has 0 radical (unpaired) electrons. The summed E-state index contributed by atoms with van der Waals surface area (Å²) in [6.45, 7) is 8.76. The lowest BCUT2D eigenvalue weighted by Crippen LogP contribution is -2.18. The molecule has 0 saturated carbocycles. The SMILES string of the molecule is Cc1cn(CCN(C)C)c(C)c1C. The van der Waals surface area contributed by atoms with Crippen molar-refractivity contribution in [2.75, 3.05) is 20.6 Å². The summed E-state index contributed by atoms with van der Waals surface area (Å²) in [5, 5.41) is 0. The van der Waals surface area contributed by atoms with Gasteiger partial charge in [-0.2, -0.15) is 0 Å². The molecule has 1 aromatic rings. The molecule has 0 unspecified atom stereocenters. The Hall–Kier alpha value is -0.760. The van der Waals surface area contributed by atoms with E-state index in [2.05, 4.69) is 50.5 Å². The normalized spacial score (nSPS) is 11.2. The van der Waals surface area contributed by atoms with Crippen LogP contribution in [0.5, 0.6) is 0 Å². The number of aryl methyl sites for hydroxylation is 1. The van der Waals surface area contributed by atoms with E-state index in [9.17, 15) is 0 Å². The number of nitrogens with zero attached hydrogens (tertiary/aromatic N) is 2. The summed E-state index contributed by atoms with van der Waals surface area (Å²) in [6, 6.07) is 0. The molecule has 74 valence electrons. The number of aromatic nitrogens is 1. The molecule has 0 aliphatic carbocycles. The van der Waals surface area contributed by atoms with Gasteiger partial charge in [0.2, 0.25) is 0 Å². The number of hydrogen-bond donors (Lipinski definition) is 0. The molecule has 1 heterocycles. The van der Waals surface area contributed by atoms with Gasteiger partial charge < -0.3 is 9.47 Å². The van der Waals surface area contributed by atoms with Gasteiger partial charge in [-0.25, -0.2) is 0 Å². The summed E-state index contributed by atoms with van der Waals surface area (Å²) >= 11 is 0. The second-order valence-electron chi connectivity index (χ2n) is 4.02. The molecule has 0 aliphatic heterocycles. The molecular weight excluding hydrogens is 160 g/mol. The molecule has 0 aromatic carbocycles. The zero-order valence-corrected chi connectivity index (χ0v) is 9.39. The summed E-state index contributed by atoms with van der Waals surface area (Å²) in [6.07, 6.45) is 2.24. The van der Waals surface area contributed by atoms with Crippen LogP contribution in [0.1, 0.15) is 16.8 Å². The van der Waals surface area contributed by atoms with Gasteiger partial charge >= 0.3 is 0 Å². The Morgan fingerprint density at radius 3 is 2.23 bits per heavy atom. The molecule has 0 bridgehead atoms. The van der Waals surface area contributed by atoms with Crippen molar-refractivity contribution in [1.29, 1.82) is 0 Å². The van der Waals surface area contributed by atoms with Crippen LogP contribution in [-0.4, -0.2) is 30.1 Å². The highest BCUT2D eigenvalue weighted by Gasteiger charge is 2.04. The summed E-state index contributed by atoms with van der Waals surface area (Å²) < 4.78 is 2.34. The summed E-state index contributed by atoms with van der Waals surface area (Å²) in [7, 11) is 4.22. The predicted octanol–water partition coefficient (Wildman–Crippen LogP) is 1.97. The minimum atomic E-state index is 1.09. The van der Waals surface area contributed by atoms with Gasteiger partial charge in [-0.15, -0.1) is 0 Å². The highest BCUT2D eigenvalue weighted by Crippen LogP contribution is 2.14. The Morgan fingerprint density at radius 2 is 1.85 bits per heavy atom. The van der Waals surface area contributed by atoms with Crippen LogP contribution in [0.15, 0.2) is 6.20 Å². The lowest BCUT2D eigenvalue weighted by atomic mass is 10.2. The maximum absolute atomic E-state index is 2.34. The fourth-order valence-electron chi connectivity index (χ4n) is 1.47. The maximum Gasteiger partial charge on any atom is 0.0349 e. The first-order valence-electron chi connectivity index (χ1n) is 4.80. The number of rotatable bonds is 3. The van der Waals surface area contributed by atoms with E-state index in [1.54, 1.807) is 0 Å². The minimum Gasteiger partial charge on any atom is -0.350 e. The van der Waals surface area contributed by atoms with Crippen LogP contribution in [-0.2, 0) is 6.54 Å². The van der Waals surface area contributed by atoms with E-state index in [1.165, 1.54) is 16.8 Å². The molecule has 0 fully saturated rings. The van der Waals surface area contributed by atoms with E-state index < -0.39 is 0 Å². The van der Waals surface area contributed by atoms with E-state index in [4.69, 9.17) is 0 Å². The van der Waals surface area contributed by atoms with Crippen molar-refractivity contribution in [2.45, 2.75) is 27.3 Å². The standard InChI is InChI=1S/C11H20N2/c1-9-8-13(7-6-12(4)5)11(3)10(9)2/h8H,6-7H2,1-5H3. The third kappa shape index (κ3) is 2.34. The van der Waals surface area contributed by atoms with Crippen LogP contribution >= 0.6 is 0 Å². The van der Waals surface area contributed by atoms with E-state index in [-0.39, 0.29) is 0 Å². The highest BCUT2D eigenvalue weighted by atomic mass is 15.1. The highest BCUT2D eigenvalue weighted by molar-refractivity contribution is 5.28. The molecule has 0 amide bonds. The third-order valence-corrected chi connectivity index (χ3v) is 2.70. The van der Waals surface area contributed by atoms with Crippen LogP contribution in [0.4, 0.5) is 0 Å². The Balaban J connectivity index is 2.72. The summed E-state index contributed by atoms with van der Waals surface area (Å²) in [5.41, 5.74) is 4.23. The lowest BCUT2D eigenvalue weighted by Gasteiger charge is -2.11. The van der Waals surface area contributed by atoms with E-state index in [1.807, 2.05) is 0 Å². The van der Waals surface area contributed by atoms with E-state index in [0.717, 1.165) is 13.1 Å². The second kappa shape index (κ2) is 3.97. The van der Waals surface area contributed by atoms with Crippen molar-refractivity contribution in [2.24, 2.45) is 0 Å². The van der Waals surface area contributed by atoms with E-state index >= 15 is 0 Å². The summed E-state index contributed by atoms with van der Waals surface area (Å²) in [5.74, 6) is 0. The molecule has 0 aliphatic rings. The molecule has 1 rings (SSSR count). The fourth-order valence-corrected chi connectivity index (χ4v) is 1.47. The topological polar surface area (TPSA) is 8.17 Å². The monoisotopic (exact) mass is 180 g/mol. The molecular formula is C11H20N2. The Bertz CT molecular complexity index is 285. The molecule has 2 nitrogen and oxygen atoms in total. The average Bonchev–Trinajstić information content (AvgIpc) is 2.29. The van der Waals surface area contributed by atoms with Crippen molar-refractivity contribution in [3.8, 4) is 0 Å². The molecule has 0 N–H and O–H groups in total. The van der Waals surface area contributed by atoms with Crippen molar-refractivity contribution in [3.05, 3.63) is 23.0 Å². The minimum absolute atomic E-state index is 1.09. The largest absolute Gasteiger partial charge is 0.350 e. The van der Waals surface area contributed by atoms with Crippen molar-refractivity contribution >= 4 is 0 Å². The van der Waals surface area contributed by atoms with Gasteiger partial charge in [0.1, 0.15) is 0 Å². The quantitative estimate of drug-likeness (QED) is 0.690. The van der Waals surface area contributed by atoms with Gasteiger partial charge in [0, 0.05) is 25.0 Å². The summed E-state index contributed by atoms with van der Waals surface area (Å²) in [4.78, 5) is 2.21. The van der Waals surface area contributed by atoms with Gasteiger partial charge in [-0.1, -0.05) is 0 Å². The zero-order valence-electron chi connectivity index (χ0n) is 9.39. The first-order valence-corrected chi connectivity index (χ1v) is 4.80. The Kier molecular flexibility index (Phi) is 3.15. The van der Waals surface area contributed by atoms with Crippen molar-refractivity contribution in [3.63, 3.8) is 0 Å². The first-order chi connectivity index (χ1) is 6.02. The average molecular weight is 180 g/mol. The van der Waals surface area contributed by atoms with Crippen LogP contribution in [0.2, 0.25) is 0 Å². The molecule has 1 aromatic heterocycles. The van der Waals surface area contributed by atoms with Gasteiger partial charge in [0.15, 0.2) is 0 Å². The van der Waals surface area contributed by atoms with Gasteiger partial charge in [0.05, 0.1) is 0 Å². The van der Waals surface area contributed by atoms with E-state index in [0.29, 0.717) is 0 Å². The zero-order chi connectivity index (χ0) is 10.0. The van der Waals surface area contributed by atoms with Gasteiger partial charge in [-0.3, -0.25) is 0 Å². The van der Waals surface area contributed by atoms with Crippen LogP contribution in [0.25, 0.3) is 0 Å². The maximum atomic E-state index is 2.34. The first kappa shape index (κ1) is 10.3. The molecule has 0 atom stereocenters. The van der Waals surface area contributed by atoms with Crippen LogP contribution in [0, 0.1) is 20.8 Å². The van der Waals surface area contributed by atoms with Gasteiger partial charge in [0.25, 0.3) is 0 Å². The predicted molar refractivity (Wildman–Crippen MR) is 57.2 cm³/mol. The fraction of sp³-hybridized carbons (Fsp3) is 0.636. The third-order valence-electron chi connectivity index (χ3n) is 2.70. The van der Waals surface area contributed by atoms with Crippen molar-refractivity contribution in [1.82, 2.24) is 9.47 Å². The molecule has 13 heavy (non-hydrogen) atoms. The molecule has 2 heteroatoms. The van der Waals surface area contributed by atoms with Crippen LogP contribution < -0.4 is 0 Å². The lowest BCUT2D eigenvalue weighted by molar-refractivity contribution is 0.382. The number of likely N-dealkylation sites (N-methyl/N-ethyl adjacent to an activating group) is 1. The smallest absolute Gasteiger partial charge is 0.0349 e. The number of hydrogen-bond acceptors (Lipinski definition) is 1. The Labute approximate surface area is 81.2 Å². The molecule has 0 saturated heterocycles. The second-order valence-corrected chi connectivity index (χ2v) is 4.02.